The Morgan fingerprint density at radius 3 is 2.79 bits per heavy atom. The molecule has 2 aliphatic rings. The van der Waals surface area contributed by atoms with E-state index < -0.39 is 6.04 Å². The van der Waals surface area contributed by atoms with Gasteiger partial charge in [0.1, 0.15) is 17.1 Å². The molecule has 43 heavy (non-hydrogen) atoms. The van der Waals surface area contributed by atoms with Crippen LogP contribution in [0.4, 0.5) is 11.6 Å². The zero-order valence-electron chi connectivity index (χ0n) is 23.6. The second-order valence-electron chi connectivity index (χ2n) is 10.8. The standard InChI is InChI=1S/C33H30N8O2/c1-20(36-32(42)29-30(34)39-40-18-8-17-35-31(29)40)27-19-22-10-7-9-21(15-16-26-24-13-5-6-14-25(24)37-38-26)28(22)33(43)41(27)23-11-3-2-4-12-23/h2-4,7-12,18-20,35H,5-6,13-14,17H2,1H3,(H2,34,39)(H,36,42)(H,37,38). The van der Waals surface area contributed by atoms with Crippen molar-refractivity contribution in [2.75, 3.05) is 17.6 Å². The van der Waals surface area contributed by atoms with Crippen molar-refractivity contribution in [3.8, 4) is 17.5 Å². The lowest BCUT2D eigenvalue weighted by molar-refractivity contribution is 0.0940. The quantitative estimate of drug-likeness (QED) is 0.240. The summed E-state index contributed by atoms with van der Waals surface area (Å²) in [5, 5.41) is 19.3. The number of benzene rings is 2. The van der Waals surface area contributed by atoms with Gasteiger partial charge in [-0.25, -0.2) is 4.68 Å². The number of fused-ring (bicyclic) bond motifs is 3. The molecule has 0 bridgehead atoms. The Balaban J connectivity index is 1.32. The van der Waals surface area contributed by atoms with Gasteiger partial charge in [-0.15, -0.1) is 5.10 Å². The van der Waals surface area contributed by atoms with Crippen LogP contribution in [0.25, 0.3) is 22.7 Å². The average molecular weight is 571 g/mol. The number of anilines is 2. The number of rotatable bonds is 4. The molecule has 1 aliphatic carbocycles. The number of amides is 1. The topological polar surface area (TPSA) is 136 Å². The lowest BCUT2D eigenvalue weighted by Crippen LogP contribution is -2.33. The summed E-state index contributed by atoms with van der Waals surface area (Å²) in [5.41, 5.74) is 11.2. The van der Waals surface area contributed by atoms with Crippen molar-refractivity contribution in [3.63, 3.8) is 0 Å². The molecule has 1 atom stereocenters. The van der Waals surface area contributed by atoms with Gasteiger partial charge in [-0.1, -0.05) is 36.3 Å². The lowest BCUT2D eigenvalue weighted by atomic mass is 9.96. The molecular weight excluding hydrogens is 540 g/mol. The average Bonchev–Trinajstić information content (AvgIpc) is 3.60. The van der Waals surface area contributed by atoms with E-state index in [0.29, 0.717) is 34.7 Å². The maximum Gasteiger partial charge on any atom is 0.264 e. The molecule has 0 fully saturated rings. The molecule has 0 saturated carbocycles. The number of hydrogen-bond donors (Lipinski definition) is 4. The van der Waals surface area contributed by atoms with Gasteiger partial charge < -0.3 is 16.4 Å². The van der Waals surface area contributed by atoms with Gasteiger partial charge in [-0.3, -0.25) is 19.3 Å². The Bertz CT molecular complexity index is 2040. The number of para-hydroxylation sites is 1. The molecule has 214 valence electrons. The van der Waals surface area contributed by atoms with Crippen molar-refractivity contribution in [1.29, 1.82) is 0 Å². The van der Waals surface area contributed by atoms with E-state index in [2.05, 4.69) is 37.8 Å². The van der Waals surface area contributed by atoms with E-state index >= 15 is 0 Å². The van der Waals surface area contributed by atoms with Gasteiger partial charge in [0.15, 0.2) is 5.82 Å². The van der Waals surface area contributed by atoms with Crippen molar-refractivity contribution in [2.45, 2.75) is 38.6 Å². The largest absolute Gasteiger partial charge is 0.381 e. The predicted molar refractivity (Wildman–Crippen MR) is 167 cm³/mol. The summed E-state index contributed by atoms with van der Waals surface area (Å²) in [7, 11) is 0. The minimum atomic E-state index is -0.552. The van der Waals surface area contributed by atoms with Crippen LogP contribution in [0, 0.1) is 11.8 Å². The smallest absolute Gasteiger partial charge is 0.264 e. The van der Waals surface area contributed by atoms with E-state index in [0.717, 1.165) is 42.5 Å². The second kappa shape index (κ2) is 10.7. The maximum atomic E-state index is 14.3. The fraction of sp³-hybridized carbons (Fsp3) is 0.212. The second-order valence-corrected chi connectivity index (χ2v) is 10.8. The molecule has 5 aromatic rings. The molecule has 0 radical (unpaired) electrons. The molecular formula is C33H30N8O2. The molecule has 10 heteroatoms. The third-order valence-corrected chi connectivity index (χ3v) is 8.05. The van der Waals surface area contributed by atoms with Gasteiger partial charge >= 0.3 is 0 Å². The van der Waals surface area contributed by atoms with Crippen LogP contribution in [0.15, 0.2) is 65.5 Å². The number of carbonyl (C=O) groups excluding carboxylic acids is 1. The van der Waals surface area contributed by atoms with Crippen LogP contribution in [0.5, 0.6) is 0 Å². The van der Waals surface area contributed by atoms with E-state index in [1.807, 2.05) is 67.6 Å². The Labute approximate surface area is 247 Å². The van der Waals surface area contributed by atoms with Gasteiger partial charge in [0.25, 0.3) is 11.5 Å². The van der Waals surface area contributed by atoms with Crippen molar-refractivity contribution in [1.82, 2.24) is 29.9 Å². The zero-order valence-corrected chi connectivity index (χ0v) is 23.6. The third kappa shape index (κ3) is 4.65. The number of nitrogens with zero attached hydrogens (tertiary/aromatic N) is 4. The first kappa shape index (κ1) is 26.3. The van der Waals surface area contributed by atoms with Gasteiger partial charge in [0, 0.05) is 40.9 Å². The first-order valence-electron chi connectivity index (χ1n) is 14.4. The highest BCUT2D eigenvalue weighted by Gasteiger charge is 2.26. The highest BCUT2D eigenvalue weighted by molar-refractivity contribution is 6.04. The predicted octanol–water partition coefficient (Wildman–Crippen LogP) is 4.16. The van der Waals surface area contributed by atoms with Crippen LogP contribution in [-0.2, 0) is 12.8 Å². The molecule has 2 aromatic carbocycles. The number of hydrogen-bond acceptors (Lipinski definition) is 6. The fourth-order valence-electron chi connectivity index (χ4n) is 5.96. The molecule has 4 heterocycles. The number of H-pyrrole nitrogens is 1. The number of aromatic nitrogens is 5. The van der Waals surface area contributed by atoms with E-state index in [1.54, 1.807) is 15.4 Å². The summed E-state index contributed by atoms with van der Waals surface area (Å²) in [6.07, 6.45) is 7.87. The summed E-state index contributed by atoms with van der Waals surface area (Å²) < 4.78 is 3.20. The van der Waals surface area contributed by atoms with Crippen LogP contribution in [0.1, 0.15) is 64.4 Å². The number of nitrogens with two attached hydrogens (primary N) is 1. The molecule has 10 nitrogen and oxygen atoms in total. The molecule has 0 spiro atoms. The summed E-state index contributed by atoms with van der Waals surface area (Å²) in [4.78, 5) is 27.8. The maximum absolute atomic E-state index is 14.3. The first-order chi connectivity index (χ1) is 21.0. The number of nitrogens with one attached hydrogen (secondary N) is 3. The highest BCUT2D eigenvalue weighted by Crippen LogP contribution is 2.27. The van der Waals surface area contributed by atoms with Crippen LogP contribution in [-0.4, -0.2) is 37.0 Å². The van der Waals surface area contributed by atoms with Crippen molar-refractivity contribution in [2.24, 2.45) is 0 Å². The molecule has 5 N–H and O–H groups in total. The molecule has 3 aromatic heterocycles. The van der Waals surface area contributed by atoms with E-state index in [4.69, 9.17) is 5.73 Å². The van der Waals surface area contributed by atoms with Gasteiger partial charge in [-0.2, -0.15) is 5.10 Å². The van der Waals surface area contributed by atoms with E-state index in [1.165, 1.54) is 5.56 Å². The minimum absolute atomic E-state index is 0.124. The number of nitrogen functional groups attached to an aromatic ring is 1. The van der Waals surface area contributed by atoms with Gasteiger partial charge in [-0.05, 0) is 74.3 Å². The van der Waals surface area contributed by atoms with Gasteiger partial charge in [0.05, 0.1) is 11.4 Å². The summed E-state index contributed by atoms with van der Waals surface area (Å²) in [6, 6.07) is 16.4. The number of aryl methyl sites for hydroxylation is 1. The van der Waals surface area contributed by atoms with Crippen LogP contribution in [0.2, 0.25) is 0 Å². The number of pyridine rings is 1. The highest BCUT2D eigenvalue weighted by atomic mass is 16.2. The minimum Gasteiger partial charge on any atom is -0.381 e. The summed E-state index contributed by atoms with van der Waals surface area (Å²) in [5.74, 6) is 6.74. The Kier molecular flexibility index (Phi) is 6.55. The van der Waals surface area contributed by atoms with Crippen LogP contribution >= 0.6 is 0 Å². The zero-order chi connectivity index (χ0) is 29.5. The van der Waals surface area contributed by atoms with Crippen molar-refractivity contribution >= 4 is 34.5 Å². The fourth-order valence-corrected chi connectivity index (χ4v) is 5.96. The Hall–Kier alpha value is -5.56. The molecule has 1 aliphatic heterocycles. The summed E-state index contributed by atoms with van der Waals surface area (Å²) >= 11 is 0. The molecule has 1 amide bonds. The number of carbonyl (C=O) groups is 1. The first-order valence-corrected chi connectivity index (χ1v) is 14.4. The lowest BCUT2D eigenvalue weighted by Gasteiger charge is -2.21. The molecule has 1 unspecified atom stereocenters. The van der Waals surface area contributed by atoms with E-state index in [9.17, 15) is 9.59 Å². The monoisotopic (exact) mass is 570 g/mol. The SMILES string of the molecule is CC(NC(=O)c1c(N)nn2c1NCC=C2)c1cc2cccc(C#Cc3n[nH]c4c3CCCC4)c2c(=O)n1-c1ccccc1. The Morgan fingerprint density at radius 2 is 1.93 bits per heavy atom. The number of aromatic amines is 1. The van der Waals surface area contributed by atoms with E-state index in [-0.39, 0.29) is 22.8 Å². The summed E-state index contributed by atoms with van der Waals surface area (Å²) in [6.45, 7) is 2.41. The van der Waals surface area contributed by atoms with Gasteiger partial charge in [0.2, 0.25) is 0 Å². The molecule has 7 rings (SSSR count). The van der Waals surface area contributed by atoms with Crippen LogP contribution in [0.3, 0.4) is 0 Å². The molecule has 0 saturated heterocycles. The third-order valence-electron chi connectivity index (χ3n) is 8.05. The normalized spacial score (nSPS) is 14.3. The van der Waals surface area contributed by atoms with Crippen molar-refractivity contribution < 1.29 is 4.79 Å². The van der Waals surface area contributed by atoms with Crippen molar-refractivity contribution in [3.05, 3.63) is 105 Å². The van der Waals surface area contributed by atoms with Crippen LogP contribution < -0.4 is 21.9 Å². The Morgan fingerprint density at radius 1 is 1.09 bits per heavy atom.